The third kappa shape index (κ3) is 3.40. The van der Waals surface area contributed by atoms with Crippen molar-refractivity contribution in [1.29, 1.82) is 0 Å². The van der Waals surface area contributed by atoms with Crippen LogP contribution in [0.4, 0.5) is 0 Å². The van der Waals surface area contributed by atoms with E-state index in [0.29, 0.717) is 0 Å². The van der Waals surface area contributed by atoms with Crippen LogP contribution in [0.15, 0.2) is 11.6 Å². The van der Waals surface area contributed by atoms with E-state index in [9.17, 15) is 0 Å². The number of hydrogen-bond acceptors (Lipinski definition) is 1. The summed E-state index contributed by atoms with van der Waals surface area (Å²) in [6, 6.07) is 0. The first-order chi connectivity index (χ1) is 5.83. The zero-order valence-corrected chi connectivity index (χ0v) is 8.40. The van der Waals surface area contributed by atoms with Gasteiger partial charge in [-0.25, -0.2) is 0 Å². The van der Waals surface area contributed by atoms with Crippen molar-refractivity contribution in [3.8, 4) is 0 Å². The average molecular weight is 167 g/mol. The van der Waals surface area contributed by atoms with Gasteiger partial charge in [0.05, 0.1) is 0 Å². The van der Waals surface area contributed by atoms with Crippen molar-refractivity contribution in [3.63, 3.8) is 0 Å². The Morgan fingerprint density at radius 3 is 2.67 bits per heavy atom. The molecule has 1 N–H and O–H groups in total. The minimum atomic E-state index is 0.892. The molecule has 1 aliphatic rings. The van der Waals surface area contributed by atoms with Crippen LogP contribution in [-0.2, 0) is 0 Å². The lowest BCUT2D eigenvalue weighted by Crippen LogP contribution is -2.15. The molecule has 0 spiro atoms. The molecule has 1 aliphatic carbocycles. The van der Waals surface area contributed by atoms with Crippen LogP contribution >= 0.6 is 0 Å². The van der Waals surface area contributed by atoms with Crippen LogP contribution < -0.4 is 5.32 Å². The van der Waals surface area contributed by atoms with Crippen LogP contribution in [0.1, 0.15) is 39.5 Å². The van der Waals surface area contributed by atoms with Gasteiger partial charge in [0, 0.05) is 6.54 Å². The average Bonchev–Trinajstić information content (AvgIpc) is 2.53. The van der Waals surface area contributed by atoms with Gasteiger partial charge in [-0.1, -0.05) is 31.4 Å². The van der Waals surface area contributed by atoms with Crippen molar-refractivity contribution in [2.24, 2.45) is 5.92 Å². The smallest absolute Gasteiger partial charge is 0.0161 e. The van der Waals surface area contributed by atoms with E-state index in [2.05, 4.69) is 25.2 Å². The van der Waals surface area contributed by atoms with Gasteiger partial charge in [0.2, 0.25) is 0 Å². The lowest BCUT2D eigenvalue weighted by atomic mass is 10.1. The van der Waals surface area contributed by atoms with Crippen LogP contribution in [0.25, 0.3) is 0 Å². The third-order valence-corrected chi connectivity index (χ3v) is 2.57. The molecule has 1 saturated carbocycles. The Bertz CT molecular complexity index is 143. The predicted molar refractivity (Wildman–Crippen MR) is 54.3 cm³/mol. The molecule has 0 amide bonds. The molecule has 0 atom stereocenters. The second-order valence-electron chi connectivity index (χ2n) is 3.84. The Hall–Kier alpha value is -0.300. The van der Waals surface area contributed by atoms with E-state index in [0.717, 1.165) is 19.0 Å². The van der Waals surface area contributed by atoms with Gasteiger partial charge < -0.3 is 5.32 Å². The molecule has 1 heteroatoms. The zero-order valence-electron chi connectivity index (χ0n) is 8.40. The molecule has 0 saturated heterocycles. The predicted octanol–water partition coefficient (Wildman–Crippen LogP) is 2.73. The van der Waals surface area contributed by atoms with Gasteiger partial charge in [0.25, 0.3) is 0 Å². The minimum Gasteiger partial charge on any atom is -0.313 e. The van der Waals surface area contributed by atoms with Crippen molar-refractivity contribution in [2.45, 2.75) is 39.5 Å². The monoisotopic (exact) mass is 167 g/mol. The zero-order chi connectivity index (χ0) is 8.81. The second-order valence-corrected chi connectivity index (χ2v) is 3.84. The molecule has 0 aromatic rings. The van der Waals surface area contributed by atoms with Gasteiger partial charge in [0.1, 0.15) is 0 Å². The van der Waals surface area contributed by atoms with E-state index in [4.69, 9.17) is 0 Å². The fraction of sp³-hybridized carbons (Fsp3) is 0.818. The molecule has 1 fully saturated rings. The first-order valence-corrected chi connectivity index (χ1v) is 5.21. The van der Waals surface area contributed by atoms with E-state index in [1.165, 1.54) is 31.3 Å². The summed E-state index contributed by atoms with van der Waals surface area (Å²) in [7, 11) is 0. The highest BCUT2D eigenvalue weighted by molar-refractivity contribution is 5.03. The second kappa shape index (κ2) is 5.36. The van der Waals surface area contributed by atoms with Crippen molar-refractivity contribution in [2.75, 3.05) is 13.1 Å². The normalized spacial score (nSPS) is 20.3. The summed E-state index contributed by atoms with van der Waals surface area (Å²) < 4.78 is 0. The molecule has 0 bridgehead atoms. The Morgan fingerprint density at radius 2 is 2.08 bits per heavy atom. The van der Waals surface area contributed by atoms with Gasteiger partial charge in [-0.3, -0.25) is 0 Å². The standard InChI is InChI=1S/C11H21N/c1-3-12-9-10(2)8-11-6-4-5-7-11/h8,11-12H,3-7,9H2,1-2H3. The first kappa shape index (κ1) is 9.79. The Morgan fingerprint density at radius 1 is 1.42 bits per heavy atom. The fourth-order valence-electron chi connectivity index (χ4n) is 1.91. The van der Waals surface area contributed by atoms with E-state index in [1.54, 1.807) is 0 Å². The van der Waals surface area contributed by atoms with Gasteiger partial charge in [-0.2, -0.15) is 0 Å². The van der Waals surface area contributed by atoms with Crippen LogP contribution in [0.3, 0.4) is 0 Å². The van der Waals surface area contributed by atoms with Crippen LogP contribution in [0, 0.1) is 5.92 Å². The Labute approximate surface area is 76.2 Å². The quantitative estimate of drug-likeness (QED) is 0.635. The lowest BCUT2D eigenvalue weighted by Gasteiger charge is -2.06. The maximum Gasteiger partial charge on any atom is 0.0161 e. The minimum absolute atomic E-state index is 0.892. The van der Waals surface area contributed by atoms with Crippen molar-refractivity contribution in [1.82, 2.24) is 5.32 Å². The number of nitrogens with one attached hydrogen (secondary N) is 1. The number of rotatable bonds is 4. The summed E-state index contributed by atoms with van der Waals surface area (Å²) in [5.74, 6) is 0.892. The van der Waals surface area contributed by atoms with Crippen LogP contribution in [0.5, 0.6) is 0 Å². The molecule has 70 valence electrons. The molecule has 12 heavy (non-hydrogen) atoms. The van der Waals surface area contributed by atoms with Gasteiger partial charge in [0.15, 0.2) is 0 Å². The van der Waals surface area contributed by atoms with Crippen molar-refractivity contribution < 1.29 is 0 Å². The summed E-state index contributed by atoms with van der Waals surface area (Å²) >= 11 is 0. The van der Waals surface area contributed by atoms with E-state index in [1.807, 2.05) is 0 Å². The molecule has 0 aromatic heterocycles. The van der Waals surface area contributed by atoms with Crippen LogP contribution in [-0.4, -0.2) is 13.1 Å². The third-order valence-electron chi connectivity index (χ3n) is 2.57. The topological polar surface area (TPSA) is 12.0 Å². The van der Waals surface area contributed by atoms with Gasteiger partial charge in [-0.15, -0.1) is 0 Å². The molecule has 0 aromatic carbocycles. The molecule has 1 rings (SSSR count). The molecule has 1 nitrogen and oxygen atoms in total. The largest absolute Gasteiger partial charge is 0.313 e. The summed E-state index contributed by atoms with van der Waals surface area (Å²) in [6.45, 7) is 6.55. The van der Waals surface area contributed by atoms with E-state index < -0.39 is 0 Å². The summed E-state index contributed by atoms with van der Waals surface area (Å²) in [4.78, 5) is 0. The molecular weight excluding hydrogens is 146 g/mol. The van der Waals surface area contributed by atoms with Gasteiger partial charge in [-0.05, 0) is 32.2 Å². The van der Waals surface area contributed by atoms with Crippen LogP contribution in [0.2, 0.25) is 0 Å². The molecule has 0 unspecified atom stereocenters. The lowest BCUT2D eigenvalue weighted by molar-refractivity contribution is 0.671. The Kier molecular flexibility index (Phi) is 4.37. The first-order valence-electron chi connectivity index (χ1n) is 5.21. The number of allylic oxidation sites excluding steroid dienone is 1. The molecular formula is C11H21N. The summed E-state index contributed by atoms with van der Waals surface area (Å²) in [6.07, 6.45) is 8.19. The maximum atomic E-state index is 3.35. The van der Waals surface area contributed by atoms with E-state index >= 15 is 0 Å². The highest BCUT2D eigenvalue weighted by atomic mass is 14.8. The Balaban J connectivity index is 2.23. The maximum absolute atomic E-state index is 3.35. The van der Waals surface area contributed by atoms with Crippen molar-refractivity contribution >= 4 is 0 Å². The SMILES string of the molecule is CCNCC(C)=CC1CCCC1. The number of likely N-dealkylation sites (N-methyl/N-ethyl adjacent to an activating group) is 1. The summed E-state index contributed by atoms with van der Waals surface area (Å²) in [5, 5.41) is 3.35. The number of hydrogen-bond donors (Lipinski definition) is 1. The molecule has 0 radical (unpaired) electrons. The van der Waals surface area contributed by atoms with Gasteiger partial charge >= 0.3 is 0 Å². The summed E-state index contributed by atoms with van der Waals surface area (Å²) in [5.41, 5.74) is 1.52. The highest BCUT2D eigenvalue weighted by Gasteiger charge is 2.11. The van der Waals surface area contributed by atoms with Crippen molar-refractivity contribution in [3.05, 3.63) is 11.6 Å². The van der Waals surface area contributed by atoms with E-state index in [-0.39, 0.29) is 0 Å². The molecule has 0 aliphatic heterocycles. The fourth-order valence-corrected chi connectivity index (χ4v) is 1.91. The molecule has 0 heterocycles. The highest BCUT2D eigenvalue weighted by Crippen LogP contribution is 2.26.